The fourth-order valence-corrected chi connectivity index (χ4v) is 2.65. The van der Waals surface area contributed by atoms with E-state index in [0.29, 0.717) is 5.13 Å². The van der Waals surface area contributed by atoms with Crippen LogP contribution in [0.15, 0.2) is 36.5 Å². The van der Waals surface area contributed by atoms with E-state index in [0.717, 1.165) is 26.1 Å². The molecule has 6 heteroatoms. The zero-order valence-electron chi connectivity index (χ0n) is 12.0. The Hall–Kier alpha value is -1.92. The maximum absolute atomic E-state index is 10.7. The van der Waals surface area contributed by atoms with E-state index in [2.05, 4.69) is 34.4 Å². The van der Waals surface area contributed by atoms with Gasteiger partial charge in [0.25, 0.3) is 0 Å². The second-order valence-corrected chi connectivity index (χ2v) is 5.87. The Morgan fingerprint density at radius 2 is 2.14 bits per heavy atom. The summed E-state index contributed by atoms with van der Waals surface area (Å²) in [5.74, 6) is -0.928. The van der Waals surface area contributed by atoms with Crippen LogP contribution in [0.1, 0.15) is 21.7 Å². The minimum Gasteiger partial charge on any atom is -0.477 e. The minimum absolute atomic E-state index is 0.263. The lowest BCUT2D eigenvalue weighted by Gasteiger charge is -2.16. The first-order valence-electron chi connectivity index (χ1n) is 6.80. The number of carbonyl (C=O) groups is 1. The van der Waals surface area contributed by atoms with E-state index < -0.39 is 5.97 Å². The van der Waals surface area contributed by atoms with Crippen molar-refractivity contribution >= 4 is 22.4 Å². The number of nitrogens with zero attached hydrogens (tertiary/aromatic N) is 2. The number of aromatic carboxylic acids is 1. The molecule has 0 spiro atoms. The Balaban J connectivity index is 1.66. The van der Waals surface area contributed by atoms with Crippen molar-refractivity contribution in [3.63, 3.8) is 0 Å². The highest BCUT2D eigenvalue weighted by Crippen LogP contribution is 2.17. The molecule has 0 atom stereocenters. The molecule has 2 N–H and O–H groups in total. The van der Waals surface area contributed by atoms with Crippen molar-refractivity contribution in [1.82, 2.24) is 9.88 Å². The summed E-state index contributed by atoms with van der Waals surface area (Å²) in [5.41, 5.74) is 1.30. The molecule has 0 bridgehead atoms. The lowest BCUT2D eigenvalue weighted by molar-refractivity contribution is 0.0702. The molecule has 0 aliphatic heterocycles. The molecule has 0 aliphatic carbocycles. The average Bonchev–Trinajstić information content (AvgIpc) is 2.94. The summed E-state index contributed by atoms with van der Waals surface area (Å²) in [7, 11) is 2.10. The van der Waals surface area contributed by atoms with Gasteiger partial charge in [-0.05, 0) is 25.6 Å². The highest BCUT2D eigenvalue weighted by Gasteiger charge is 2.07. The predicted octanol–water partition coefficient (Wildman–Crippen LogP) is 2.78. The molecule has 0 saturated heterocycles. The van der Waals surface area contributed by atoms with Crippen LogP contribution < -0.4 is 5.32 Å². The zero-order valence-corrected chi connectivity index (χ0v) is 12.8. The number of anilines is 1. The second-order valence-electron chi connectivity index (χ2n) is 4.84. The number of hydrogen-bond acceptors (Lipinski definition) is 5. The van der Waals surface area contributed by atoms with Gasteiger partial charge in [-0.15, -0.1) is 0 Å². The molecule has 1 aromatic heterocycles. The van der Waals surface area contributed by atoms with Crippen LogP contribution in [0.4, 0.5) is 5.13 Å². The first kappa shape index (κ1) is 15.5. The smallest absolute Gasteiger partial charge is 0.347 e. The molecule has 112 valence electrons. The number of carboxylic acid groups (broad SMARTS) is 1. The highest BCUT2D eigenvalue weighted by atomic mass is 32.1. The van der Waals surface area contributed by atoms with Gasteiger partial charge in [-0.3, -0.25) is 0 Å². The highest BCUT2D eigenvalue weighted by molar-refractivity contribution is 7.17. The Bertz CT molecular complexity index is 571. The van der Waals surface area contributed by atoms with E-state index in [-0.39, 0.29) is 4.88 Å². The van der Waals surface area contributed by atoms with Crippen LogP contribution in [-0.2, 0) is 6.54 Å². The standard InChI is InChI=1S/C15H19N3O2S/c1-18(11-12-6-3-2-4-7-12)9-5-8-16-15-17-10-13(21-15)14(19)20/h2-4,6-7,10H,5,8-9,11H2,1H3,(H,16,17)(H,19,20). The van der Waals surface area contributed by atoms with Crippen molar-refractivity contribution in [2.75, 3.05) is 25.5 Å². The molecule has 1 aromatic carbocycles. The van der Waals surface area contributed by atoms with E-state index >= 15 is 0 Å². The van der Waals surface area contributed by atoms with Gasteiger partial charge in [-0.25, -0.2) is 9.78 Å². The molecule has 2 rings (SSSR count). The van der Waals surface area contributed by atoms with Crippen LogP contribution in [0.3, 0.4) is 0 Å². The van der Waals surface area contributed by atoms with E-state index in [1.807, 2.05) is 18.2 Å². The third kappa shape index (κ3) is 5.17. The van der Waals surface area contributed by atoms with Crippen molar-refractivity contribution in [1.29, 1.82) is 0 Å². The molecule has 0 fully saturated rings. The Morgan fingerprint density at radius 3 is 2.81 bits per heavy atom. The molecule has 5 nitrogen and oxygen atoms in total. The number of thiazole rings is 1. The lowest BCUT2D eigenvalue weighted by atomic mass is 10.2. The fourth-order valence-electron chi connectivity index (χ4n) is 1.97. The van der Waals surface area contributed by atoms with Crippen molar-refractivity contribution in [3.05, 3.63) is 47.0 Å². The predicted molar refractivity (Wildman–Crippen MR) is 85.0 cm³/mol. The number of hydrogen-bond donors (Lipinski definition) is 2. The summed E-state index contributed by atoms with van der Waals surface area (Å²) in [5, 5.41) is 12.6. The number of carboxylic acids is 1. The average molecular weight is 305 g/mol. The monoisotopic (exact) mass is 305 g/mol. The van der Waals surface area contributed by atoms with Gasteiger partial charge in [0, 0.05) is 13.1 Å². The molecule has 0 saturated carbocycles. The van der Waals surface area contributed by atoms with Gasteiger partial charge in [0.15, 0.2) is 5.13 Å². The quantitative estimate of drug-likeness (QED) is 0.734. The third-order valence-electron chi connectivity index (χ3n) is 3.00. The maximum Gasteiger partial charge on any atom is 0.347 e. The second kappa shape index (κ2) is 7.75. The maximum atomic E-state index is 10.7. The van der Waals surface area contributed by atoms with E-state index in [1.54, 1.807) is 0 Å². The van der Waals surface area contributed by atoms with Crippen molar-refractivity contribution in [2.24, 2.45) is 0 Å². The van der Waals surface area contributed by atoms with Crippen LogP contribution in [0, 0.1) is 0 Å². The van der Waals surface area contributed by atoms with Crippen molar-refractivity contribution in [3.8, 4) is 0 Å². The zero-order chi connectivity index (χ0) is 15.1. The van der Waals surface area contributed by atoms with Gasteiger partial charge in [0.1, 0.15) is 4.88 Å². The van der Waals surface area contributed by atoms with E-state index in [1.165, 1.54) is 23.1 Å². The first-order chi connectivity index (χ1) is 10.1. The Morgan fingerprint density at radius 1 is 1.38 bits per heavy atom. The minimum atomic E-state index is -0.928. The normalized spacial score (nSPS) is 10.8. The van der Waals surface area contributed by atoms with E-state index in [4.69, 9.17) is 5.11 Å². The van der Waals surface area contributed by atoms with Crippen LogP contribution in [-0.4, -0.2) is 41.1 Å². The number of nitrogens with one attached hydrogen (secondary N) is 1. The Labute approximate surface area is 128 Å². The van der Waals surface area contributed by atoms with Crippen LogP contribution >= 0.6 is 11.3 Å². The van der Waals surface area contributed by atoms with Gasteiger partial charge in [0.2, 0.25) is 0 Å². The molecular formula is C15H19N3O2S. The Kier molecular flexibility index (Phi) is 5.71. The number of benzene rings is 1. The lowest BCUT2D eigenvalue weighted by Crippen LogP contribution is -2.21. The van der Waals surface area contributed by atoms with Crippen LogP contribution in [0.25, 0.3) is 0 Å². The molecule has 1 heterocycles. The molecule has 2 aromatic rings. The molecule has 21 heavy (non-hydrogen) atoms. The summed E-state index contributed by atoms with van der Waals surface area (Å²) < 4.78 is 0. The number of aromatic nitrogens is 1. The van der Waals surface area contributed by atoms with Crippen LogP contribution in [0.2, 0.25) is 0 Å². The third-order valence-corrected chi connectivity index (χ3v) is 3.95. The summed E-state index contributed by atoms with van der Waals surface area (Å²) in [6.07, 6.45) is 2.36. The fraction of sp³-hybridized carbons (Fsp3) is 0.333. The van der Waals surface area contributed by atoms with Gasteiger partial charge in [0.05, 0.1) is 6.20 Å². The van der Waals surface area contributed by atoms with E-state index in [9.17, 15) is 4.79 Å². The van der Waals surface area contributed by atoms with Gasteiger partial charge in [-0.1, -0.05) is 41.7 Å². The van der Waals surface area contributed by atoms with Gasteiger partial charge < -0.3 is 15.3 Å². The van der Waals surface area contributed by atoms with Gasteiger partial charge in [-0.2, -0.15) is 0 Å². The molecule has 0 radical (unpaired) electrons. The number of rotatable bonds is 8. The van der Waals surface area contributed by atoms with Crippen molar-refractivity contribution in [2.45, 2.75) is 13.0 Å². The van der Waals surface area contributed by atoms with Crippen molar-refractivity contribution < 1.29 is 9.90 Å². The largest absolute Gasteiger partial charge is 0.477 e. The SMILES string of the molecule is CN(CCCNc1ncc(C(=O)O)s1)Cc1ccccc1. The summed E-state index contributed by atoms with van der Waals surface area (Å²) in [4.78, 5) is 17.3. The molecule has 0 aliphatic rings. The van der Waals surface area contributed by atoms with Gasteiger partial charge >= 0.3 is 5.97 Å². The molecule has 0 unspecified atom stereocenters. The molecular weight excluding hydrogens is 286 g/mol. The van der Waals surface area contributed by atoms with Crippen LogP contribution in [0.5, 0.6) is 0 Å². The summed E-state index contributed by atoms with van der Waals surface area (Å²) >= 11 is 1.17. The molecule has 0 amide bonds. The topological polar surface area (TPSA) is 65.5 Å². The first-order valence-corrected chi connectivity index (χ1v) is 7.62. The summed E-state index contributed by atoms with van der Waals surface area (Å²) in [6.45, 7) is 2.69. The summed E-state index contributed by atoms with van der Waals surface area (Å²) in [6, 6.07) is 10.4.